The van der Waals surface area contributed by atoms with E-state index in [-0.39, 0.29) is 22.7 Å². The largest absolute Gasteiger partial charge is 0.383 e. The lowest BCUT2D eigenvalue weighted by molar-refractivity contribution is 0.100. The summed E-state index contributed by atoms with van der Waals surface area (Å²) < 4.78 is 0. The average Bonchev–Trinajstić information content (AvgIpc) is 2.30. The Labute approximate surface area is 123 Å². The van der Waals surface area contributed by atoms with E-state index in [0.29, 0.717) is 5.82 Å². The maximum atomic E-state index is 11.5. The molecule has 5 N–H and O–H groups in total. The van der Waals surface area contributed by atoms with Gasteiger partial charge in [0.05, 0.1) is 0 Å². The Kier molecular flexibility index (Phi) is 5.00. The van der Waals surface area contributed by atoms with Crippen LogP contribution in [0.3, 0.4) is 0 Å². The Hall–Kier alpha value is -1.56. The van der Waals surface area contributed by atoms with Crippen molar-refractivity contribution in [1.82, 2.24) is 9.97 Å². The maximum Gasteiger partial charge on any atom is 0.256 e. The van der Waals surface area contributed by atoms with Crippen molar-refractivity contribution >= 4 is 29.1 Å². The number of hydrogen-bond acceptors (Lipinski definition) is 5. The van der Waals surface area contributed by atoms with Crippen molar-refractivity contribution < 1.29 is 4.79 Å². The number of aromatic nitrogens is 2. The van der Waals surface area contributed by atoms with Crippen molar-refractivity contribution in [1.29, 1.82) is 0 Å². The molecule has 0 radical (unpaired) electrons. The van der Waals surface area contributed by atoms with Gasteiger partial charge < -0.3 is 16.8 Å². The van der Waals surface area contributed by atoms with Crippen molar-refractivity contribution in [3.05, 3.63) is 10.8 Å². The summed E-state index contributed by atoms with van der Waals surface area (Å²) >= 11 is 5.81. The van der Waals surface area contributed by atoms with Crippen LogP contribution in [-0.4, -0.2) is 21.9 Å². The van der Waals surface area contributed by atoms with Crippen molar-refractivity contribution in [2.45, 2.75) is 51.0 Å². The molecule has 1 amide bonds. The van der Waals surface area contributed by atoms with Gasteiger partial charge in [-0.3, -0.25) is 4.79 Å². The molecule has 1 heterocycles. The number of hydrogen-bond donors (Lipinski definition) is 3. The highest BCUT2D eigenvalue weighted by Gasteiger charge is 2.20. The molecule has 1 aromatic rings. The molecule has 0 aromatic carbocycles. The summed E-state index contributed by atoms with van der Waals surface area (Å²) in [7, 11) is 0. The summed E-state index contributed by atoms with van der Waals surface area (Å²) in [6.07, 6.45) is 8.20. The zero-order chi connectivity index (χ0) is 14.5. The fourth-order valence-electron chi connectivity index (χ4n) is 2.59. The van der Waals surface area contributed by atoms with Crippen LogP contribution < -0.4 is 16.8 Å². The van der Waals surface area contributed by atoms with Crippen LogP contribution in [0.5, 0.6) is 0 Å². The summed E-state index contributed by atoms with van der Waals surface area (Å²) in [5.74, 6) is -0.279. The molecule has 0 unspecified atom stereocenters. The van der Waals surface area contributed by atoms with E-state index >= 15 is 0 Å². The van der Waals surface area contributed by atoms with E-state index in [1.807, 2.05) is 0 Å². The molecular weight excluding hydrogens is 278 g/mol. The van der Waals surface area contributed by atoms with Gasteiger partial charge in [-0.1, -0.05) is 32.1 Å². The molecule has 0 atom stereocenters. The van der Waals surface area contributed by atoms with Crippen LogP contribution in [-0.2, 0) is 0 Å². The van der Waals surface area contributed by atoms with Crippen molar-refractivity contribution in [2.75, 3.05) is 11.1 Å². The summed E-state index contributed by atoms with van der Waals surface area (Å²) in [6.45, 7) is 0. The topological polar surface area (TPSA) is 107 Å². The first-order valence-electron chi connectivity index (χ1n) is 6.97. The zero-order valence-corrected chi connectivity index (χ0v) is 12.1. The zero-order valence-electron chi connectivity index (χ0n) is 11.4. The third-order valence-electron chi connectivity index (χ3n) is 3.60. The van der Waals surface area contributed by atoms with E-state index < -0.39 is 5.91 Å². The molecule has 20 heavy (non-hydrogen) atoms. The van der Waals surface area contributed by atoms with E-state index in [2.05, 4.69) is 15.3 Å². The highest BCUT2D eigenvalue weighted by molar-refractivity contribution is 6.28. The standard InChI is InChI=1S/C13H20ClN5O/c14-13-18-10(15)9(11(16)20)12(19-13)17-8-6-4-2-1-3-5-7-8/h8H,1-7H2,(H2,16,20)(H3,15,17,18,19). The van der Waals surface area contributed by atoms with Crippen LogP contribution in [0, 0.1) is 0 Å². The number of rotatable bonds is 3. The first-order valence-corrected chi connectivity index (χ1v) is 7.35. The van der Waals surface area contributed by atoms with Crippen LogP contribution in [0.2, 0.25) is 5.28 Å². The van der Waals surface area contributed by atoms with Crippen molar-refractivity contribution in [3.63, 3.8) is 0 Å². The molecule has 7 heteroatoms. The number of nitrogen functional groups attached to an aromatic ring is 1. The van der Waals surface area contributed by atoms with Gasteiger partial charge in [-0.05, 0) is 24.4 Å². The molecule has 0 saturated heterocycles. The number of amides is 1. The SMILES string of the molecule is NC(=O)c1c(N)nc(Cl)nc1NC1CCCCCCC1. The van der Waals surface area contributed by atoms with Gasteiger partial charge in [0.15, 0.2) is 0 Å². The monoisotopic (exact) mass is 297 g/mol. The molecule has 6 nitrogen and oxygen atoms in total. The number of carbonyl (C=O) groups excluding carboxylic acids is 1. The van der Waals surface area contributed by atoms with Gasteiger partial charge in [0, 0.05) is 6.04 Å². The van der Waals surface area contributed by atoms with E-state index in [0.717, 1.165) is 25.7 Å². The van der Waals surface area contributed by atoms with Crippen LogP contribution >= 0.6 is 11.6 Å². The van der Waals surface area contributed by atoms with Gasteiger partial charge in [-0.25, -0.2) is 4.98 Å². The first-order chi connectivity index (χ1) is 9.58. The molecule has 0 aliphatic heterocycles. The third kappa shape index (κ3) is 3.72. The van der Waals surface area contributed by atoms with Gasteiger partial charge >= 0.3 is 0 Å². The Bertz CT molecular complexity index is 486. The van der Waals surface area contributed by atoms with Gasteiger partial charge in [0.1, 0.15) is 17.2 Å². The van der Waals surface area contributed by atoms with Crippen molar-refractivity contribution in [2.24, 2.45) is 5.73 Å². The summed E-state index contributed by atoms with van der Waals surface area (Å²) in [5, 5.41) is 3.28. The highest BCUT2D eigenvalue weighted by atomic mass is 35.5. The lowest BCUT2D eigenvalue weighted by Gasteiger charge is -2.22. The predicted octanol–water partition coefficient (Wildman–Crippen LogP) is 2.34. The Balaban J connectivity index is 2.20. The van der Waals surface area contributed by atoms with E-state index in [1.54, 1.807) is 0 Å². The molecule has 1 aromatic heterocycles. The molecule has 2 rings (SSSR count). The van der Waals surface area contributed by atoms with Crippen LogP contribution in [0.15, 0.2) is 0 Å². The van der Waals surface area contributed by atoms with E-state index in [9.17, 15) is 4.79 Å². The molecule has 1 saturated carbocycles. The molecular formula is C13H20ClN5O. The summed E-state index contributed by atoms with van der Waals surface area (Å²) in [6, 6.07) is 0.263. The normalized spacial score (nSPS) is 17.2. The number of halogens is 1. The van der Waals surface area contributed by atoms with Gasteiger partial charge in [0.2, 0.25) is 5.28 Å². The summed E-state index contributed by atoms with van der Waals surface area (Å²) in [5.41, 5.74) is 11.2. The Morgan fingerprint density at radius 3 is 2.35 bits per heavy atom. The molecule has 0 bridgehead atoms. The minimum atomic E-state index is -0.646. The van der Waals surface area contributed by atoms with Gasteiger partial charge in [-0.2, -0.15) is 4.98 Å². The van der Waals surface area contributed by atoms with E-state index in [1.165, 1.54) is 19.3 Å². The van der Waals surface area contributed by atoms with E-state index in [4.69, 9.17) is 23.1 Å². The van der Waals surface area contributed by atoms with Crippen molar-refractivity contribution in [3.8, 4) is 0 Å². The predicted molar refractivity (Wildman–Crippen MR) is 79.7 cm³/mol. The number of carbonyl (C=O) groups is 1. The Morgan fingerprint density at radius 1 is 1.15 bits per heavy atom. The fraction of sp³-hybridized carbons (Fsp3) is 0.615. The number of nitrogens with one attached hydrogen (secondary N) is 1. The fourth-order valence-corrected chi connectivity index (χ4v) is 2.77. The second kappa shape index (κ2) is 6.74. The second-order valence-electron chi connectivity index (χ2n) is 5.15. The maximum absolute atomic E-state index is 11.5. The van der Waals surface area contributed by atoms with Gasteiger partial charge in [0.25, 0.3) is 5.91 Å². The minimum Gasteiger partial charge on any atom is -0.383 e. The first kappa shape index (κ1) is 14.8. The molecule has 0 spiro atoms. The van der Waals surface area contributed by atoms with Crippen LogP contribution in [0.1, 0.15) is 55.3 Å². The third-order valence-corrected chi connectivity index (χ3v) is 3.77. The number of primary amides is 1. The quantitative estimate of drug-likeness (QED) is 0.742. The second-order valence-corrected chi connectivity index (χ2v) is 5.49. The van der Waals surface area contributed by atoms with Gasteiger partial charge in [-0.15, -0.1) is 0 Å². The van der Waals surface area contributed by atoms with Crippen LogP contribution in [0.4, 0.5) is 11.6 Å². The lowest BCUT2D eigenvalue weighted by Crippen LogP contribution is -2.25. The molecule has 1 aliphatic carbocycles. The minimum absolute atomic E-state index is 0.0147. The lowest BCUT2D eigenvalue weighted by atomic mass is 9.96. The Morgan fingerprint density at radius 2 is 1.75 bits per heavy atom. The highest BCUT2D eigenvalue weighted by Crippen LogP contribution is 2.24. The number of nitrogens with two attached hydrogens (primary N) is 2. The summed E-state index contributed by atoms with van der Waals surface area (Å²) in [4.78, 5) is 19.3. The molecule has 1 fully saturated rings. The number of anilines is 2. The smallest absolute Gasteiger partial charge is 0.256 e. The molecule has 1 aliphatic rings. The van der Waals surface area contributed by atoms with Crippen LogP contribution in [0.25, 0.3) is 0 Å². The number of nitrogens with zero attached hydrogens (tertiary/aromatic N) is 2. The average molecular weight is 298 g/mol. The molecule has 110 valence electrons.